The minimum atomic E-state index is -0.666. The molecule has 9 nitrogen and oxygen atoms in total. The van der Waals surface area contributed by atoms with Crippen LogP contribution in [0.5, 0.6) is 5.75 Å². The number of anilines is 1. The maximum Gasteiger partial charge on any atom is 0.372 e. The second kappa shape index (κ2) is 20.4. The van der Waals surface area contributed by atoms with E-state index in [0.717, 1.165) is 37.0 Å². The predicted molar refractivity (Wildman–Crippen MR) is 204 cm³/mol. The van der Waals surface area contributed by atoms with Crippen molar-refractivity contribution in [3.05, 3.63) is 86.5 Å². The average Bonchev–Trinajstić information content (AvgIpc) is 3.38. The molecular weight excluding hydrogens is 733 g/mol. The molecule has 2 amide bonds. The summed E-state index contributed by atoms with van der Waals surface area (Å²) < 4.78 is 10.3. The summed E-state index contributed by atoms with van der Waals surface area (Å²) in [6.45, 7) is 4.08. The number of halogens is 3. The van der Waals surface area contributed by atoms with Gasteiger partial charge in [0.05, 0.1) is 12.3 Å². The second-order valence-corrected chi connectivity index (χ2v) is 14.0. The normalized spacial score (nSPS) is 14.2. The van der Waals surface area contributed by atoms with Crippen molar-refractivity contribution in [3.8, 4) is 17.0 Å². The van der Waals surface area contributed by atoms with Crippen LogP contribution in [0.4, 0.5) is 10.5 Å². The number of nitrogens with zero attached hydrogens (tertiary/aromatic N) is 3. The van der Waals surface area contributed by atoms with Crippen LogP contribution in [-0.2, 0) is 19.1 Å². The number of benzene rings is 2. The van der Waals surface area contributed by atoms with Gasteiger partial charge in [0.1, 0.15) is 10.7 Å². The Balaban J connectivity index is 0.000000229. The van der Waals surface area contributed by atoms with Gasteiger partial charge in [-0.1, -0.05) is 104 Å². The van der Waals surface area contributed by atoms with E-state index in [-0.39, 0.29) is 33.9 Å². The van der Waals surface area contributed by atoms with Gasteiger partial charge >= 0.3 is 11.3 Å². The molecule has 0 saturated heterocycles. The highest BCUT2D eigenvalue weighted by Crippen LogP contribution is 2.37. The number of hydrogen-bond donors (Lipinski definition) is 0. The summed E-state index contributed by atoms with van der Waals surface area (Å²) in [6.07, 6.45) is 11.6. The Bertz CT molecular complexity index is 1760. The van der Waals surface area contributed by atoms with Gasteiger partial charge in [-0.3, -0.25) is 9.59 Å². The summed E-state index contributed by atoms with van der Waals surface area (Å²) in [6, 6.07) is 15.7. The lowest BCUT2D eigenvalue weighted by atomic mass is 9.93. The topological polar surface area (TPSA) is 116 Å². The van der Waals surface area contributed by atoms with E-state index in [0.29, 0.717) is 51.7 Å². The Morgan fingerprint density at radius 3 is 2.22 bits per heavy atom. The number of carbonyl (C=O) groups is 4. The SMILES string of the molecule is CCCCCCCCSC(=O)Oc1cc(Cl)nnc1-c1ccccc1.CCOC(=O)/C(Cl)=C/c1cc(N2C(=O)C3=C(CCCC3)C2=O)ccc1Cl. The number of ether oxygens (including phenoxy) is 2. The molecule has 2 heterocycles. The van der Waals surface area contributed by atoms with Crippen molar-refractivity contribution in [1.29, 1.82) is 0 Å². The number of imide groups is 1. The summed E-state index contributed by atoms with van der Waals surface area (Å²) in [5, 5.41) is 7.99. The maximum absolute atomic E-state index is 12.7. The van der Waals surface area contributed by atoms with E-state index in [1.807, 2.05) is 30.3 Å². The summed E-state index contributed by atoms with van der Waals surface area (Å²) in [5.41, 5.74) is 3.38. The van der Waals surface area contributed by atoms with Crippen LogP contribution in [0.25, 0.3) is 17.3 Å². The van der Waals surface area contributed by atoms with E-state index < -0.39 is 5.97 Å². The lowest BCUT2D eigenvalue weighted by Crippen LogP contribution is -2.31. The monoisotopic (exact) mass is 771 g/mol. The number of aromatic nitrogens is 2. The number of hydrogen-bond acceptors (Lipinski definition) is 9. The number of carbonyl (C=O) groups excluding carboxylic acids is 4. The van der Waals surface area contributed by atoms with Gasteiger partial charge in [-0.2, -0.15) is 0 Å². The van der Waals surface area contributed by atoms with Crippen molar-refractivity contribution >= 4 is 81.4 Å². The van der Waals surface area contributed by atoms with E-state index in [2.05, 4.69) is 17.1 Å². The molecule has 0 fully saturated rings. The number of amides is 2. The van der Waals surface area contributed by atoms with Crippen LogP contribution in [0, 0.1) is 0 Å². The summed E-state index contributed by atoms with van der Waals surface area (Å²) in [4.78, 5) is 50.3. The van der Waals surface area contributed by atoms with Gasteiger partial charge < -0.3 is 9.47 Å². The van der Waals surface area contributed by atoms with Crippen molar-refractivity contribution in [3.63, 3.8) is 0 Å². The highest BCUT2D eigenvalue weighted by atomic mass is 35.5. The Morgan fingerprint density at radius 1 is 0.882 bits per heavy atom. The van der Waals surface area contributed by atoms with E-state index in [1.165, 1.54) is 54.5 Å². The number of rotatable bonds is 13. The third-order valence-electron chi connectivity index (χ3n) is 8.07. The molecule has 3 aromatic rings. The molecule has 1 aliphatic heterocycles. The quantitative estimate of drug-likeness (QED) is 0.0724. The van der Waals surface area contributed by atoms with Gasteiger partial charge in [0, 0.05) is 33.6 Å². The fourth-order valence-electron chi connectivity index (χ4n) is 5.53. The maximum atomic E-state index is 12.7. The Kier molecular flexibility index (Phi) is 16.0. The summed E-state index contributed by atoms with van der Waals surface area (Å²) in [5.74, 6) is -0.123. The van der Waals surface area contributed by atoms with E-state index >= 15 is 0 Å². The zero-order valence-electron chi connectivity index (χ0n) is 28.6. The summed E-state index contributed by atoms with van der Waals surface area (Å²) >= 11 is 19.2. The molecule has 0 atom stereocenters. The molecule has 0 N–H and O–H groups in total. The Labute approximate surface area is 317 Å². The predicted octanol–water partition coefficient (Wildman–Crippen LogP) is 10.6. The first kappa shape index (κ1) is 40.1. The highest BCUT2D eigenvalue weighted by Gasteiger charge is 2.39. The average molecular weight is 773 g/mol. The smallest absolute Gasteiger partial charge is 0.372 e. The first-order valence-corrected chi connectivity index (χ1v) is 19.1. The molecule has 2 aliphatic rings. The second-order valence-electron chi connectivity index (χ2n) is 11.7. The van der Waals surface area contributed by atoms with Crippen LogP contribution in [0.2, 0.25) is 10.2 Å². The van der Waals surface area contributed by atoms with Gasteiger partial charge in [0.15, 0.2) is 10.9 Å². The van der Waals surface area contributed by atoms with Crippen molar-refractivity contribution < 1.29 is 28.7 Å². The van der Waals surface area contributed by atoms with Crippen LogP contribution in [0.1, 0.15) is 83.6 Å². The zero-order chi connectivity index (χ0) is 36.8. The highest BCUT2D eigenvalue weighted by molar-refractivity contribution is 8.13. The molecule has 0 saturated carbocycles. The lowest BCUT2D eigenvalue weighted by molar-refractivity contribution is -0.137. The molecule has 0 unspecified atom stereocenters. The van der Waals surface area contributed by atoms with Gasteiger partial charge in [-0.05, 0) is 80.6 Å². The van der Waals surface area contributed by atoms with Crippen molar-refractivity contribution in [2.45, 2.75) is 78.1 Å². The van der Waals surface area contributed by atoms with Crippen molar-refractivity contribution in [1.82, 2.24) is 10.2 Å². The molecule has 13 heteroatoms. The Morgan fingerprint density at radius 2 is 1.55 bits per heavy atom. The van der Waals surface area contributed by atoms with Crippen molar-refractivity contribution in [2.24, 2.45) is 0 Å². The fraction of sp³-hybridized carbons (Fsp3) is 0.368. The number of thioether (sulfide) groups is 1. The first-order valence-electron chi connectivity index (χ1n) is 17.0. The minimum Gasteiger partial charge on any atom is -0.462 e. The molecule has 1 aromatic heterocycles. The molecule has 0 bridgehead atoms. The van der Waals surface area contributed by atoms with Crippen LogP contribution >= 0.6 is 46.6 Å². The minimum absolute atomic E-state index is 0.137. The van der Waals surface area contributed by atoms with E-state index in [1.54, 1.807) is 25.1 Å². The third-order valence-corrected chi connectivity index (χ3v) is 9.67. The molecule has 51 heavy (non-hydrogen) atoms. The standard InChI is InChI=1S/C19H17Cl2NO4.C19H23ClN2O2S/c1-2-26-19(25)16(21)10-11-9-12(7-8-15(11)20)22-17(23)13-5-3-4-6-14(13)18(22)24;1-2-3-4-5-6-10-13-25-19(23)24-16-14-17(20)21-22-18(16)15-11-8-7-9-12-15/h7-10H,2-6H2,1H3;7-9,11-12,14H,2-6,10,13H2,1H3/b16-10-;. The molecule has 0 spiro atoms. The van der Waals surface area contributed by atoms with Gasteiger partial charge in [-0.25, -0.2) is 14.5 Å². The zero-order valence-corrected chi connectivity index (χ0v) is 31.7. The van der Waals surface area contributed by atoms with Crippen LogP contribution < -0.4 is 9.64 Å². The number of esters is 1. The molecule has 270 valence electrons. The largest absolute Gasteiger partial charge is 0.462 e. The molecule has 1 aliphatic carbocycles. The van der Waals surface area contributed by atoms with E-state index in [4.69, 9.17) is 44.3 Å². The van der Waals surface area contributed by atoms with Crippen LogP contribution in [0.3, 0.4) is 0 Å². The van der Waals surface area contributed by atoms with E-state index in [9.17, 15) is 19.2 Å². The molecular formula is C38H40Cl3N3O6S. The van der Waals surface area contributed by atoms with Gasteiger partial charge in [-0.15, -0.1) is 10.2 Å². The van der Waals surface area contributed by atoms with Crippen LogP contribution in [0.15, 0.2) is 70.8 Å². The molecule has 2 aromatic carbocycles. The first-order chi connectivity index (χ1) is 24.6. The number of unbranched alkanes of at least 4 members (excludes halogenated alkanes) is 5. The van der Waals surface area contributed by atoms with Crippen molar-refractivity contribution in [2.75, 3.05) is 17.3 Å². The lowest BCUT2D eigenvalue weighted by Gasteiger charge is -2.16. The fourth-order valence-corrected chi connectivity index (χ4v) is 6.68. The van der Waals surface area contributed by atoms with Gasteiger partial charge in [0.25, 0.3) is 11.8 Å². The molecule has 5 rings (SSSR count). The summed E-state index contributed by atoms with van der Waals surface area (Å²) in [7, 11) is 0. The third kappa shape index (κ3) is 11.4. The van der Waals surface area contributed by atoms with Gasteiger partial charge in [0.2, 0.25) is 0 Å². The molecule has 0 radical (unpaired) electrons. The Hall–Kier alpha value is -3.70. The van der Waals surface area contributed by atoms with Crippen LogP contribution in [-0.4, -0.2) is 45.6 Å².